The average molecular weight is 299 g/mol. The Hall–Kier alpha value is -1.01. The maximum atomic E-state index is 4.24. The maximum Gasteiger partial charge on any atom is 0.225 e. The van der Waals surface area contributed by atoms with Crippen molar-refractivity contribution in [1.82, 2.24) is 15.0 Å². The zero-order valence-corrected chi connectivity index (χ0v) is 11.2. The number of thiazole rings is 1. The standard InChI is InChI=1S/C10H11BrN4S/c1-15(4-2-9-12-3-5-16-9)10-13-6-8(11)7-14-10/h3,5-7H,2,4H2,1H3. The molecule has 0 aliphatic carbocycles. The Morgan fingerprint density at radius 1 is 1.31 bits per heavy atom. The van der Waals surface area contributed by atoms with Crippen LogP contribution in [0.3, 0.4) is 0 Å². The number of hydrogen-bond acceptors (Lipinski definition) is 5. The molecule has 2 rings (SSSR count). The van der Waals surface area contributed by atoms with E-state index >= 15 is 0 Å². The van der Waals surface area contributed by atoms with Crippen LogP contribution in [0.2, 0.25) is 0 Å². The summed E-state index contributed by atoms with van der Waals surface area (Å²) in [6.45, 7) is 0.870. The molecule has 0 saturated heterocycles. The molecule has 2 heterocycles. The van der Waals surface area contributed by atoms with E-state index in [0.717, 1.165) is 28.4 Å². The van der Waals surface area contributed by atoms with Crippen LogP contribution in [0.5, 0.6) is 0 Å². The van der Waals surface area contributed by atoms with Crippen LogP contribution in [0.15, 0.2) is 28.4 Å². The second-order valence-electron chi connectivity index (χ2n) is 3.30. The second kappa shape index (κ2) is 5.36. The zero-order chi connectivity index (χ0) is 11.4. The van der Waals surface area contributed by atoms with Crippen molar-refractivity contribution in [2.24, 2.45) is 0 Å². The van der Waals surface area contributed by atoms with E-state index in [-0.39, 0.29) is 0 Å². The van der Waals surface area contributed by atoms with E-state index in [1.807, 2.05) is 23.5 Å². The molecule has 0 atom stereocenters. The van der Waals surface area contributed by atoms with Gasteiger partial charge in [-0.25, -0.2) is 15.0 Å². The summed E-state index contributed by atoms with van der Waals surface area (Å²) in [7, 11) is 1.98. The predicted molar refractivity (Wildman–Crippen MR) is 68.8 cm³/mol. The Labute approximate surface area is 107 Å². The number of likely N-dealkylation sites (N-methyl/N-ethyl adjacent to an activating group) is 1. The van der Waals surface area contributed by atoms with Gasteiger partial charge in [0.15, 0.2) is 0 Å². The molecule has 0 aliphatic heterocycles. The van der Waals surface area contributed by atoms with Crippen molar-refractivity contribution >= 4 is 33.2 Å². The Balaban J connectivity index is 1.93. The summed E-state index contributed by atoms with van der Waals surface area (Å²) in [6, 6.07) is 0. The molecule has 0 radical (unpaired) electrons. The summed E-state index contributed by atoms with van der Waals surface area (Å²) in [5.41, 5.74) is 0. The lowest BCUT2D eigenvalue weighted by molar-refractivity contribution is 0.832. The van der Waals surface area contributed by atoms with Gasteiger partial charge in [0.05, 0.1) is 9.48 Å². The van der Waals surface area contributed by atoms with Gasteiger partial charge < -0.3 is 4.90 Å². The minimum absolute atomic E-state index is 0.736. The molecule has 0 saturated carbocycles. The van der Waals surface area contributed by atoms with Crippen molar-refractivity contribution in [2.75, 3.05) is 18.5 Å². The molecule has 0 aliphatic rings. The number of hydrogen-bond donors (Lipinski definition) is 0. The lowest BCUT2D eigenvalue weighted by Crippen LogP contribution is -2.22. The Bertz CT molecular complexity index is 429. The van der Waals surface area contributed by atoms with Crippen LogP contribution in [0.1, 0.15) is 5.01 Å². The van der Waals surface area contributed by atoms with Gasteiger partial charge in [0.25, 0.3) is 0 Å². The number of anilines is 1. The van der Waals surface area contributed by atoms with Gasteiger partial charge in [0.1, 0.15) is 0 Å². The van der Waals surface area contributed by atoms with Gasteiger partial charge in [-0.15, -0.1) is 11.3 Å². The third kappa shape index (κ3) is 2.99. The molecule has 2 aromatic heterocycles. The second-order valence-corrected chi connectivity index (χ2v) is 5.19. The highest BCUT2D eigenvalue weighted by molar-refractivity contribution is 9.10. The molecule has 2 aromatic rings. The van der Waals surface area contributed by atoms with E-state index in [2.05, 4.69) is 30.9 Å². The van der Waals surface area contributed by atoms with Crippen molar-refractivity contribution in [3.63, 3.8) is 0 Å². The molecular weight excluding hydrogens is 288 g/mol. The van der Waals surface area contributed by atoms with Gasteiger partial charge in [-0.1, -0.05) is 0 Å². The van der Waals surface area contributed by atoms with Crippen LogP contribution >= 0.6 is 27.3 Å². The van der Waals surface area contributed by atoms with Crippen LogP contribution in [-0.4, -0.2) is 28.5 Å². The quantitative estimate of drug-likeness (QED) is 0.869. The first kappa shape index (κ1) is 11.5. The minimum atomic E-state index is 0.736. The summed E-state index contributed by atoms with van der Waals surface area (Å²) < 4.78 is 0.893. The van der Waals surface area contributed by atoms with Gasteiger partial charge in [-0.05, 0) is 15.9 Å². The molecule has 0 amide bonds. The molecule has 4 nitrogen and oxygen atoms in total. The topological polar surface area (TPSA) is 41.9 Å². The molecule has 16 heavy (non-hydrogen) atoms. The molecule has 0 N–H and O–H groups in total. The Kier molecular flexibility index (Phi) is 3.84. The molecule has 0 spiro atoms. The zero-order valence-electron chi connectivity index (χ0n) is 8.80. The molecule has 0 bridgehead atoms. The summed E-state index contributed by atoms with van der Waals surface area (Å²) in [5.74, 6) is 0.736. The molecule has 0 unspecified atom stereocenters. The number of rotatable bonds is 4. The number of aromatic nitrogens is 3. The van der Waals surface area contributed by atoms with Crippen molar-refractivity contribution in [3.8, 4) is 0 Å². The minimum Gasteiger partial charge on any atom is -0.343 e. The highest BCUT2D eigenvalue weighted by Crippen LogP contribution is 2.11. The Morgan fingerprint density at radius 3 is 2.69 bits per heavy atom. The highest BCUT2D eigenvalue weighted by atomic mass is 79.9. The van der Waals surface area contributed by atoms with E-state index in [0.29, 0.717) is 0 Å². The van der Waals surface area contributed by atoms with Crippen LogP contribution in [0, 0.1) is 0 Å². The van der Waals surface area contributed by atoms with Gasteiger partial charge in [0.2, 0.25) is 5.95 Å². The molecular formula is C10H11BrN4S. The number of nitrogens with zero attached hydrogens (tertiary/aromatic N) is 4. The summed E-state index contributed by atoms with van der Waals surface area (Å²) in [4.78, 5) is 14.7. The summed E-state index contributed by atoms with van der Waals surface area (Å²) in [6.07, 6.45) is 6.26. The van der Waals surface area contributed by atoms with E-state index in [9.17, 15) is 0 Å². The fraction of sp³-hybridized carbons (Fsp3) is 0.300. The van der Waals surface area contributed by atoms with Gasteiger partial charge in [0, 0.05) is 44.0 Å². The first-order chi connectivity index (χ1) is 7.75. The van der Waals surface area contributed by atoms with Gasteiger partial charge >= 0.3 is 0 Å². The fourth-order valence-corrected chi connectivity index (χ4v) is 2.06. The lowest BCUT2D eigenvalue weighted by Gasteiger charge is -2.15. The smallest absolute Gasteiger partial charge is 0.225 e. The van der Waals surface area contributed by atoms with E-state index < -0.39 is 0 Å². The summed E-state index contributed by atoms with van der Waals surface area (Å²) in [5, 5.41) is 3.13. The van der Waals surface area contributed by atoms with E-state index in [4.69, 9.17) is 0 Å². The normalized spacial score (nSPS) is 10.4. The van der Waals surface area contributed by atoms with Crippen LogP contribution in [0.4, 0.5) is 5.95 Å². The highest BCUT2D eigenvalue weighted by Gasteiger charge is 2.04. The van der Waals surface area contributed by atoms with Gasteiger partial charge in [-0.3, -0.25) is 0 Å². The summed E-state index contributed by atoms with van der Waals surface area (Å²) >= 11 is 4.99. The van der Waals surface area contributed by atoms with Crippen LogP contribution < -0.4 is 4.90 Å². The van der Waals surface area contributed by atoms with Gasteiger partial charge in [-0.2, -0.15) is 0 Å². The van der Waals surface area contributed by atoms with Crippen molar-refractivity contribution in [3.05, 3.63) is 33.5 Å². The lowest BCUT2D eigenvalue weighted by atomic mass is 10.4. The molecule has 0 fully saturated rings. The first-order valence-corrected chi connectivity index (χ1v) is 6.50. The monoisotopic (exact) mass is 298 g/mol. The fourth-order valence-electron chi connectivity index (χ4n) is 1.24. The third-order valence-electron chi connectivity index (χ3n) is 2.09. The van der Waals surface area contributed by atoms with Crippen LogP contribution in [0.25, 0.3) is 0 Å². The first-order valence-electron chi connectivity index (χ1n) is 4.83. The van der Waals surface area contributed by atoms with E-state index in [1.165, 1.54) is 0 Å². The number of halogens is 1. The third-order valence-corrected chi connectivity index (χ3v) is 3.34. The largest absolute Gasteiger partial charge is 0.343 e. The molecule has 84 valence electrons. The SMILES string of the molecule is CN(CCc1nccs1)c1ncc(Br)cn1. The van der Waals surface area contributed by atoms with Crippen molar-refractivity contribution < 1.29 is 0 Å². The molecule has 6 heteroatoms. The maximum absolute atomic E-state index is 4.24. The van der Waals surface area contributed by atoms with E-state index in [1.54, 1.807) is 23.7 Å². The predicted octanol–water partition coefficient (Wildman–Crippen LogP) is 2.37. The van der Waals surface area contributed by atoms with Crippen LogP contribution in [-0.2, 0) is 6.42 Å². The Morgan fingerprint density at radius 2 is 2.06 bits per heavy atom. The average Bonchev–Trinajstić information content (AvgIpc) is 2.80. The van der Waals surface area contributed by atoms with Crippen molar-refractivity contribution in [2.45, 2.75) is 6.42 Å². The molecule has 0 aromatic carbocycles. The van der Waals surface area contributed by atoms with Crippen molar-refractivity contribution in [1.29, 1.82) is 0 Å².